The van der Waals surface area contributed by atoms with E-state index in [1.807, 2.05) is 0 Å². The van der Waals surface area contributed by atoms with Crippen LogP contribution in [0.5, 0.6) is 11.5 Å². The normalized spacial score (nSPS) is 12.7. The number of rotatable bonds is 3. The Morgan fingerprint density at radius 2 is 1.19 bits per heavy atom. The monoisotopic (exact) mass is 378 g/mol. The first kappa shape index (κ1) is 19.6. The van der Waals surface area contributed by atoms with Gasteiger partial charge >= 0.3 is 18.3 Å². The Kier molecular flexibility index (Phi) is 4.94. The first-order valence-corrected chi connectivity index (χ1v) is 7.11. The molecule has 0 saturated carbocycles. The lowest BCUT2D eigenvalue weighted by Gasteiger charge is -2.38. The maximum atomic E-state index is 13.8. The van der Waals surface area contributed by atoms with E-state index in [1.54, 1.807) is 0 Å². The molecule has 0 bridgehead atoms. The van der Waals surface area contributed by atoms with Crippen molar-refractivity contribution >= 4 is 5.97 Å². The summed E-state index contributed by atoms with van der Waals surface area (Å²) in [5, 5.41) is 9.21. The molecule has 2 aromatic carbocycles. The molecule has 0 saturated heterocycles. The summed E-state index contributed by atoms with van der Waals surface area (Å²) >= 11 is 0. The van der Waals surface area contributed by atoms with Crippen LogP contribution in [0.2, 0.25) is 0 Å². The highest BCUT2D eigenvalue weighted by Crippen LogP contribution is 2.56. The summed E-state index contributed by atoms with van der Waals surface area (Å²) in [5.41, 5.74) is -6.52. The van der Waals surface area contributed by atoms with E-state index in [4.69, 9.17) is 0 Å². The van der Waals surface area contributed by atoms with E-state index >= 15 is 0 Å². The average Bonchev–Trinajstić information content (AvgIpc) is 2.48. The average molecular weight is 378 g/mol. The molecule has 1 N–H and O–H groups in total. The summed E-state index contributed by atoms with van der Waals surface area (Å²) in [6.45, 7) is 1.04. The summed E-state index contributed by atoms with van der Waals surface area (Å²) in [6.07, 6.45) is -11.5. The maximum absolute atomic E-state index is 13.8. The Morgan fingerprint density at radius 3 is 1.54 bits per heavy atom. The molecule has 2 aromatic rings. The number of ether oxygens (including phenoxy) is 1. The van der Waals surface area contributed by atoms with Gasteiger partial charge in [-0.3, -0.25) is 4.79 Å². The van der Waals surface area contributed by atoms with Gasteiger partial charge in [0.1, 0.15) is 11.5 Å². The number of halogens is 6. The number of carbonyl (C=O) groups is 1. The van der Waals surface area contributed by atoms with Gasteiger partial charge in [0.15, 0.2) is 0 Å². The fourth-order valence-electron chi connectivity index (χ4n) is 2.63. The number of alkyl halides is 6. The van der Waals surface area contributed by atoms with Crippen LogP contribution >= 0.6 is 0 Å². The van der Waals surface area contributed by atoms with Crippen LogP contribution in [0.3, 0.4) is 0 Å². The van der Waals surface area contributed by atoms with Gasteiger partial charge in [-0.15, -0.1) is 0 Å². The van der Waals surface area contributed by atoms with Gasteiger partial charge in [-0.1, -0.05) is 24.3 Å². The third-order valence-electron chi connectivity index (χ3n) is 3.70. The lowest BCUT2D eigenvalue weighted by Crippen LogP contribution is -2.54. The molecule has 0 unspecified atom stereocenters. The zero-order valence-electron chi connectivity index (χ0n) is 13.2. The van der Waals surface area contributed by atoms with Crippen molar-refractivity contribution in [3.8, 4) is 11.5 Å². The molecule has 0 spiro atoms. The molecule has 0 aromatic heterocycles. The van der Waals surface area contributed by atoms with E-state index in [0.717, 1.165) is 31.2 Å². The van der Waals surface area contributed by atoms with Crippen molar-refractivity contribution in [2.45, 2.75) is 24.7 Å². The fraction of sp³-hybridized carbons (Fsp3) is 0.235. The molecule has 2 rings (SSSR count). The molecule has 26 heavy (non-hydrogen) atoms. The number of phenolic OH excluding ortho intramolecular Hbond substituents is 1. The van der Waals surface area contributed by atoms with Crippen molar-refractivity contribution in [2.24, 2.45) is 0 Å². The van der Waals surface area contributed by atoms with Crippen molar-refractivity contribution in [3.05, 3.63) is 59.7 Å². The van der Waals surface area contributed by atoms with E-state index < -0.39 is 40.6 Å². The van der Waals surface area contributed by atoms with Crippen LogP contribution in [0.25, 0.3) is 0 Å². The summed E-state index contributed by atoms with van der Waals surface area (Å²) in [7, 11) is 0. The van der Waals surface area contributed by atoms with Gasteiger partial charge in [0.2, 0.25) is 5.41 Å². The molecule has 0 aliphatic carbocycles. The number of benzene rings is 2. The predicted molar refractivity (Wildman–Crippen MR) is 78.7 cm³/mol. The van der Waals surface area contributed by atoms with Crippen molar-refractivity contribution < 1.29 is 41.0 Å². The maximum Gasteiger partial charge on any atom is 0.411 e. The van der Waals surface area contributed by atoms with E-state index in [1.165, 1.54) is 0 Å². The third-order valence-corrected chi connectivity index (χ3v) is 3.70. The minimum atomic E-state index is -5.73. The third kappa shape index (κ3) is 3.33. The smallest absolute Gasteiger partial charge is 0.411 e. The topological polar surface area (TPSA) is 46.5 Å². The van der Waals surface area contributed by atoms with Gasteiger partial charge in [-0.05, 0) is 35.4 Å². The van der Waals surface area contributed by atoms with Crippen LogP contribution in [0.15, 0.2) is 48.5 Å². The highest BCUT2D eigenvalue weighted by Gasteiger charge is 2.72. The lowest BCUT2D eigenvalue weighted by molar-refractivity contribution is -0.288. The van der Waals surface area contributed by atoms with Gasteiger partial charge in [0.05, 0.1) is 0 Å². The predicted octanol–water partition coefficient (Wildman–Crippen LogP) is 4.73. The van der Waals surface area contributed by atoms with Crippen LogP contribution in [0.4, 0.5) is 26.3 Å². The Labute approximate surface area is 143 Å². The van der Waals surface area contributed by atoms with Crippen LogP contribution in [-0.4, -0.2) is 23.4 Å². The van der Waals surface area contributed by atoms with Gasteiger partial charge in [0, 0.05) is 6.92 Å². The molecule has 3 nitrogen and oxygen atoms in total. The second-order valence-electron chi connectivity index (χ2n) is 5.41. The van der Waals surface area contributed by atoms with Crippen LogP contribution in [0.1, 0.15) is 18.1 Å². The molecule has 0 atom stereocenters. The van der Waals surface area contributed by atoms with Crippen LogP contribution in [-0.2, 0) is 10.2 Å². The second kappa shape index (κ2) is 6.54. The summed E-state index contributed by atoms with van der Waals surface area (Å²) in [5.74, 6) is -1.43. The lowest BCUT2D eigenvalue weighted by atomic mass is 9.73. The molecule has 140 valence electrons. The molecule has 0 heterocycles. The largest absolute Gasteiger partial charge is 0.508 e. The Bertz CT molecular complexity index is 762. The molecule has 0 amide bonds. The van der Waals surface area contributed by atoms with Gasteiger partial charge in [-0.25, -0.2) is 0 Å². The highest BCUT2D eigenvalue weighted by molar-refractivity contribution is 5.69. The SMILES string of the molecule is CC(=O)Oc1ccc(C(c2ccc(O)cc2)(C(F)(F)F)C(F)(F)F)cc1. The van der Waals surface area contributed by atoms with Crippen molar-refractivity contribution in [2.75, 3.05) is 0 Å². The van der Waals surface area contributed by atoms with Crippen molar-refractivity contribution in [1.82, 2.24) is 0 Å². The zero-order chi connectivity index (χ0) is 19.8. The number of phenols is 1. The second-order valence-corrected chi connectivity index (χ2v) is 5.41. The Morgan fingerprint density at radius 1 is 0.808 bits per heavy atom. The molecule has 0 fully saturated rings. The minimum absolute atomic E-state index is 0.190. The van der Waals surface area contributed by atoms with Gasteiger partial charge < -0.3 is 9.84 Å². The first-order chi connectivity index (χ1) is 11.9. The summed E-state index contributed by atoms with van der Waals surface area (Å²) < 4.78 is 87.4. The van der Waals surface area contributed by atoms with E-state index in [-0.39, 0.29) is 5.75 Å². The first-order valence-electron chi connectivity index (χ1n) is 7.11. The van der Waals surface area contributed by atoms with Gasteiger partial charge in [0.25, 0.3) is 0 Å². The highest BCUT2D eigenvalue weighted by atomic mass is 19.4. The number of esters is 1. The molecular weight excluding hydrogens is 366 g/mol. The zero-order valence-corrected chi connectivity index (χ0v) is 13.2. The van der Waals surface area contributed by atoms with Crippen molar-refractivity contribution in [3.63, 3.8) is 0 Å². The van der Waals surface area contributed by atoms with E-state index in [0.29, 0.717) is 24.3 Å². The molecule has 0 radical (unpaired) electrons. The Balaban J connectivity index is 2.75. The number of hydrogen-bond acceptors (Lipinski definition) is 3. The quantitative estimate of drug-likeness (QED) is 0.477. The van der Waals surface area contributed by atoms with Crippen molar-refractivity contribution in [1.29, 1.82) is 0 Å². The number of aromatic hydroxyl groups is 1. The summed E-state index contributed by atoms with van der Waals surface area (Å²) in [4.78, 5) is 10.9. The Hall–Kier alpha value is -2.71. The summed E-state index contributed by atoms with van der Waals surface area (Å²) in [6, 6.07) is 5.53. The van der Waals surface area contributed by atoms with E-state index in [9.17, 15) is 36.2 Å². The van der Waals surface area contributed by atoms with E-state index in [2.05, 4.69) is 4.74 Å². The standard InChI is InChI=1S/C17H12F6O3/c1-10(24)26-14-8-4-12(5-9-14)15(16(18,19)20,17(21,22)23)11-2-6-13(25)7-3-11/h2-9,25H,1H3. The van der Waals surface area contributed by atoms with Crippen LogP contribution in [0, 0.1) is 0 Å². The van der Waals surface area contributed by atoms with Gasteiger partial charge in [-0.2, -0.15) is 26.3 Å². The minimum Gasteiger partial charge on any atom is -0.508 e. The number of carbonyl (C=O) groups excluding carboxylic acids is 1. The molecule has 9 heteroatoms. The molecular formula is C17H12F6O3. The van der Waals surface area contributed by atoms with Crippen LogP contribution < -0.4 is 4.74 Å². The molecule has 0 aliphatic heterocycles. The molecule has 0 aliphatic rings. The fourth-order valence-corrected chi connectivity index (χ4v) is 2.63. The number of hydrogen-bond donors (Lipinski definition) is 1.